The Kier molecular flexibility index (Phi) is 6.92. The minimum absolute atomic E-state index is 0. The molecule has 1 unspecified atom stereocenters. The SMILES string of the molecule is FC1=C[C](F)([Zr+2])CC(F)=C1.[Cl-].[Cl-]. The van der Waals surface area contributed by atoms with Gasteiger partial charge in [-0.2, -0.15) is 0 Å². The monoisotopic (exact) mass is 293 g/mol. The van der Waals surface area contributed by atoms with Gasteiger partial charge in [0, 0.05) is 0 Å². The molecule has 0 saturated carbocycles. The number of alkyl halides is 1. The molecule has 0 radical (unpaired) electrons. The Morgan fingerprint density at radius 2 is 1.83 bits per heavy atom. The molecule has 12 heavy (non-hydrogen) atoms. The fourth-order valence-electron chi connectivity index (χ4n) is 0.758. The van der Waals surface area contributed by atoms with Crippen molar-refractivity contribution >= 4 is 0 Å². The topological polar surface area (TPSA) is 0 Å². The van der Waals surface area contributed by atoms with Crippen LogP contribution in [0.3, 0.4) is 0 Å². The van der Waals surface area contributed by atoms with E-state index < -0.39 is 15.0 Å². The van der Waals surface area contributed by atoms with Gasteiger partial charge < -0.3 is 24.8 Å². The molecule has 0 saturated heterocycles. The number of hydrogen-bond donors (Lipinski definition) is 0. The van der Waals surface area contributed by atoms with E-state index in [0.717, 1.165) is 6.08 Å². The molecule has 0 nitrogen and oxygen atoms in total. The van der Waals surface area contributed by atoms with Gasteiger partial charge in [0.15, 0.2) is 0 Å². The van der Waals surface area contributed by atoms with E-state index in [1.807, 2.05) is 0 Å². The summed E-state index contributed by atoms with van der Waals surface area (Å²) < 4.78 is 35.6. The summed E-state index contributed by atoms with van der Waals surface area (Å²) in [7, 11) is 0. The molecule has 0 heterocycles. The summed E-state index contributed by atoms with van der Waals surface area (Å²) in [5.41, 5.74) is 0. The molecule has 0 bridgehead atoms. The zero-order valence-corrected chi connectivity index (χ0v) is 9.72. The Balaban J connectivity index is 0. The third kappa shape index (κ3) is 4.68. The summed E-state index contributed by atoms with van der Waals surface area (Å²) in [5.74, 6) is -1.54. The summed E-state index contributed by atoms with van der Waals surface area (Å²) in [6.45, 7) is 0. The molecule has 0 aromatic heterocycles. The molecule has 0 fully saturated rings. The smallest absolute Gasteiger partial charge is 1.00 e. The van der Waals surface area contributed by atoms with Crippen molar-refractivity contribution in [2.75, 3.05) is 0 Å². The zero-order chi connectivity index (χ0) is 7.78. The first-order valence-corrected chi connectivity index (χ1v) is 3.91. The number of halogens is 5. The Hall–Kier alpha value is 0.733. The van der Waals surface area contributed by atoms with Gasteiger partial charge in [0.05, 0.1) is 0 Å². The van der Waals surface area contributed by atoms with Crippen molar-refractivity contribution in [3.8, 4) is 0 Å². The normalized spacial score (nSPS) is 27.8. The van der Waals surface area contributed by atoms with Crippen molar-refractivity contribution in [3.05, 3.63) is 23.8 Å². The van der Waals surface area contributed by atoms with Crippen LogP contribution in [0.4, 0.5) is 13.2 Å². The first-order chi connectivity index (χ1) is 4.49. The molecule has 1 rings (SSSR count). The first-order valence-electron chi connectivity index (χ1n) is 2.68. The summed E-state index contributed by atoms with van der Waals surface area (Å²) >= 11 is 0.480. The summed E-state index contributed by atoms with van der Waals surface area (Å²) in [5, 5.41) is 0. The number of rotatable bonds is 0. The van der Waals surface area contributed by atoms with Crippen LogP contribution in [-0.2, 0) is 24.7 Å². The van der Waals surface area contributed by atoms with Crippen molar-refractivity contribution in [2.24, 2.45) is 0 Å². The second-order valence-electron chi connectivity index (χ2n) is 2.16. The summed E-state index contributed by atoms with van der Waals surface area (Å²) in [6, 6.07) is 0. The predicted molar refractivity (Wildman–Crippen MR) is 26.8 cm³/mol. The van der Waals surface area contributed by atoms with Crippen LogP contribution in [0, 0.1) is 0 Å². The zero-order valence-electron chi connectivity index (χ0n) is 5.75. The van der Waals surface area contributed by atoms with Gasteiger partial charge in [-0.05, 0) is 0 Å². The van der Waals surface area contributed by atoms with E-state index in [0.29, 0.717) is 30.8 Å². The van der Waals surface area contributed by atoms with Crippen LogP contribution < -0.4 is 24.8 Å². The van der Waals surface area contributed by atoms with Crippen LogP contribution in [-0.4, -0.2) is 3.38 Å². The van der Waals surface area contributed by atoms with Crippen molar-refractivity contribution in [2.45, 2.75) is 9.80 Å². The third-order valence-electron chi connectivity index (χ3n) is 1.09. The molecule has 0 aromatic rings. The van der Waals surface area contributed by atoms with E-state index in [9.17, 15) is 13.2 Å². The van der Waals surface area contributed by atoms with Crippen molar-refractivity contribution in [1.82, 2.24) is 0 Å². The second kappa shape index (κ2) is 5.46. The number of hydrogen-bond acceptors (Lipinski definition) is 0. The van der Waals surface area contributed by atoms with Gasteiger partial charge >= 0.3 is 71.5 Å². The minimum atomic E-state index is -1.77. The maximum absolute atomic E-state index is 12.8. The van der Waals surface area contributed by atoms with Crippen LogP contribution >= 0.6 is 0 Å². The summed E-state index contributed by atoms with van der Waals surface area (Å²) in [4.78, 5) is 0. The molecule has 0 N–H and O–H groups in total. The average Bonchev–Trinajstić information content (AvgIpc) is 1.54. The standard InChI is InChI=1S/C6H4F3.2ClH.Zr/c7-4-1-5(8)3-6(9)2-4;;;/h1-2H,3H2;2*1H;/q;;;+2/p-2. The van der Waals surface area contributed by atoms with Crippen molar-refractivity contribution in [1.29, 1.82) is 0 Å². The van der Waals surface area contributed by atoms with Gasteiger partial charge in [0.1, 0.15) is 0 Å². The van der Waals surface area contributed by atoms with Gasteiger partial charge in [0.2, 0.25) is 0 Å². The van der Waals surface area contributed by atoms with Gasteiger partial charge in [-0.1, -0.05) is 0 Å². The molecule has 67 valence electrons. The molecule has 1 atom stereocenters. The molecular weight excluding hydrogens is 291 g/mol. The quantitative estimate of drug-likeness (QED) is 0.432. The van der Waals surface area contributed by atoms with Gasteiger partial charge in [0.25, 0.3) is 0 Å². The maximum atomic E-state index is 12.8. The predicted octanol–water partition coefficient (Wildman–Crippen LogP) is -3.68. The molecule has 1 aliphatic carbocycles. The van der Waals surface area contributed by atoms with E-state index in [2.05, 4.69) is 0 Å². The van der Waals surface area contributed by atoms with E-state index in [-0.39, 0.29) is 31.2 Å². The Morgan fingerprint density at radius 1 is 1.33 bits per heavy atom. The number of allylic oxidation sites excluding steroid dienone is 4. The van der Waals surface area contributed by atoms with Gasteiger partial charge in [-0.15, -0.1) is 0 Å². The fourth-order valence-corrected chi connectivity index (χ4v) is 1.51. The largest absolute Gasteiger partial charge is 1.00 e. The van der Waals surface area contributed by atoms with Crippen LogP contribution in [0.25, 0.3) is 0 Å². The Bertz CT molecular complexity index is 213. The first kappa shape index (κ1) is 15.2. The molecule has 0 amide bonds. The van der Waals surface area contributed by atoms with Crippen LogP contribution in [0.2, 0.25) is 0 Å². The molecule has 0 aromatic carbocycles. The van der Waals surface area contributed by atoms with Crippen molar-refractivity contribution in [3.63, 3.8) is 0 Å². The molecule has 1 aliphatic rings. The molecule has 0 spiro atoms. The maximum Gasteiger partial charge on any atom is -1.00 e. The Labute approximate surface area is 96.0 Å². The fraction of sp³-hybridized carbons (Fsp3) is 0.333. The van der Waals surface area contributed by atoms with Crippen LogP contribution in [0.15, 0.2) is 23.8 Å². The third-order valence-corrected chi connectivity index (χ3v) is 1.88. The van der Waals surface area contributed by atoms with E-state index in [1.54, 1.807) is 0 Å². The van der Waals surface area contributed by atoms with Gasteiger partial charge in [-0.3, -0.25) is 0 Å². The molecular formula is C6H4Cl2F3Zr. The average molecular weight is 295 g/mol. The minimum Gasteiger partial charge on any atom is -1.00 e. The molecule has 0 aliphatic heterocycles. The van der Waals surface area contributed by atoms with E-state index in [4.69, 9.17) is 0 Å². The van der Waals surface area contributed by atoms with E-state index >= 15 is 0 Å². The van der Waals surface area contributed by atoms with Crippen molar-refractivity contribution < 1.29 is 62.7 Å². The second-order valence-corrected chi connectivity index (χ2v) is 4.20. The van der Waals surface area contributed by atoms with Crippen LogP contribution in [0.1, 0.15) is 6.42 Å². The van der Waals surface area contributed by atoms with E-state index in [1.165, 1.54) is 0 Å². The molecule has 6 heteroatoms. The summed E-state index contributed by atoms with van der Waals surface area (Å²) in [6.07, 6.45) is 1.20. The van der Waals surface area contributed by atoms with Gasteiger partial charge in [-0.25, -0.2) is 0 Å². The van der Waals surface area contributed by atoms with Crippen LogP contribution in [0.5, 0.6) is 0 Å². The Morgan fingerprint density at radius 3 is 2.17 bits per heavy atom.